The molecule has 0 fully saturated rings. The van der Waals surface area contributed by atoms with Crippen molar-refractivity contribution in [1.29, 1.82) is 0 Å². The molecular formula is C34H40N2Se2. The van der Waals surface area contributed by atoms with Crippen LogP contribution in [0.4, 0.5) is 0 Å². The van der Waals surface area contributed by atoms with E-state index >= 15 is 0 Å². The van der Waals surface area contributed by atoms with Crippen molar-refractivity contribution in [3.8, 4) is 0 Å². The van der Waals surface area contributed by atoms with E-state index in [-0.39, 0.29) is 0 Å². The molecule has 0 aromatic heterocycles. The maximum absolute atomic E-state index is 2.51. The fourth-order valence-corrected chi connectivity index (χ4v) is 12.5. The van der Waals surface area contributed by atoms with Crippen LogP contribution in [0.3, 0.4) is 0 Å². The molecule has 0 spiro atoms. The molecule has 198 valence electrons. The van der Waals surface area contributed by atoms with E-state index in [0.717, 1.165) is 0 Å². The molecule has 0 aliphatic carbocycles. The quantitative estimate of drug-likeness (QED) is 0.175. The first-order valence-electron chi connectivity index (χ1n) is 13.4. The minimum atomic E-state index is 0.353. The summed E-state index contributed by atoms with van der Waals surface area (Å²) in [5.41, 5.74) is 5.68. The number of benzene rings is 4. The molecule has 0 radical (unpaired) electrons. The minimum absolute atomic E-state index is 0.353. The number of rotatable bonds is 11. The summed E-state index contributed by atoms with van der Waals surface area (Å²) >= 11 is 0.822. The van der Waals surface area contributed by atoms with E-state index in [1.54, 1.807) is 0 Å². The molecule has 0 bridgehead atoms. The predicted octanol–water partition coefficient (Wildman–Crippen LogP) is 6.47. The zero-order chi connectivity index (χ0) is 27.1. The first kappa shape index (κ1) is 28.8. The zero-order valence-corrected chi connectivity index (χ0v) is 26.8. The first-order chi connectivity index (χ1) is 18.4. The fourth-order valence-electron chi connectivity index (χ4n) is 4.94. The standard InChI is InChI=1S/C34H40N2Se2/c1-25(29-17-9-7-10-18-29)35(5)27(3)31-21-13-15-23-33(31)37-38-34-24-16-14-22-32(34)28(4)36(6)26(2)30-19-11-8-12-20-30/h7-28H,1-6H3/t25-,26-,27+,28+/m1/s1. The van der Waals surface area contributed by atoms with Crippen LogP contribution in [0, 0.1) is 0 Å². The molecule has 0 saturated carbocycles. The molecule has 0 saturated heterocycles. The molecular weight excluding hydrogens is 594 g/mol. The zero-order valence-electron chi connectivity index (χ0n) is 23.4. The van der Waals surface area contributed by atoms with Crippen molar-refractivity contribution in [2.45, 2.75) is 51.9 Å². The van der Waals surface area contributed by atoms with Gasteiger partial charge in [-0.15, -0.1) is 0 Å². The normalized spacial score (nSPS) is 14.8. The molecule has 0 aliphatic rings. The van der Waals surface area contributed by atoms with Crippen LogP contribution in [0.2, 0.25) is 0 Å². The number of hydrogen-bond donors (Lipinski definition) is 0. The third-order valence-electron chi connectivity index (χ3n) is 7.97. The van der Waals surface area contributed by atoms with Crippen molar-refractivity contribution < 1.29 is 0 Å². The van der Waals surface area contributed by atoms with Crippen molar-refractivity contribution >= 4 is 35.2 Å². The average Bonchev–Trinajstić information content (AvgIpc) is 2.99. The van der Waals surface area contributed by atoms with Gasteiger partial charge in [0, 0.05) is 0 Å². The molecule has 4 atom stereocenters. The maximum atomic E-state index is 2.51. The van der Waals surface area contributed by atoms with Crippen LogP contribution >= 0.6 is 0 Å². The van der Waals surface area contributed by atoms with Crippen LogP contribution in [0.1, 0.15) is 74.1 Å². The molecule has 38 heavy (non-hydrogen) atoms. The molecule has 0 amide bonds. The van der Waals surface area contributed by atoms with Gasteiger partial charge in [0.1, 0.15) is 0 Å². The third kappa shape index (κ3) is 6.88. The Labute approximate surface area is 241 Å². The first-order valence-corrected chi connectivity index (χ1v) is 19.5. The molecule has 4 aromatic carbocycles. The van der Waals surface area contributed by atoms with E-state index < -0.39 is 0 Å². The Kier molecular flexibility index (Phi) is 10.4. The van der Waals surface area contributed by atoms with Crippen LogP contribution in [0.5, 0.6) is 0 Å². The Hall–Kier alpha value is -2.16. The topological polar surface area (TPSA) is 6.48 Å². The molecule has 0 heterocycles. The van der Waals surface area contributed by atoms with Gasteiger partial charge in [0.15, 0.2) is 0 Å². The van der Waals surface area contributed by atoms with Crippen LogP contribution < -0.4 is 8.92 Å². The second kappa shape index (κ2) is 13.8. The molecule has 0 aliphatic heterocycles. The Morgan fingerprint density at radius 1 is 0.421 bits per heavy atom. The average molecular weight is 635 g/mol. The van der Waals surface area contributed by atoms with E-state index in [0.29, 0.717) is 50.4 Å². The summed E-state index contributed by atoms with van der Waals surface area (Å²) in [6.45, 7) is 9.34. The van der Waals surface area contributed by atoms with Crippen LogP contribution in [-0.2, 0) is 0 Å². The Morgan fingerprint density at radius 3 is 1.11 bits per heavy atom. The molecule has 4 heteroatoms. The van der Waals surface area contributed by atoms with Crippen LogP contribution in [0.15, 0.2) is 109 Å². The summed E-state index contributed by atoms with van der Waals surface area (Å²) in [6, 6.07) is 41.4. The Balaban J connectivity index is 1.50. The summed E-state index contributed by atoms with van der Waals surface area (Å²) in [6.07, 6.45) is 0. The number of nitrogens with zero attached hydrogens (tertiary/aromatic N) is 2. The number of hydrogen-bond acceptors (Lipinski definition) is 2. The van der Waals surface area contributed by atoms with Crippen molar-refractivity contribution in [2.24, 2.45) is 0 Å². The van der Waals surface area contributed by atoms with Gasteiger partial charge in [-0.05, 0) is 0 Å². The van der Waals surface area contributed by atoms with Crippen LogP contribution in [0.25, 0.3) is 0 Å². The van der Waals surface area contributed by atoms with E-state index in [1.165, 1.54) is 31.2 Å². The fraction of sp³-hybridized carbons (Fsp3) is 0.294. The summed E-state index contributed by atoms with van der Waals surface area (Å²) < 4.78 is 3.07. The van der Waals surface area contributed by atoms with Gasteiger partial charge in [-0.1, -0.05) is 0 Å². The van der Waals surface area contributed by atoms with E-state index in [4.69, 9.17) is 0 Å². The predicted molar refractivity (Wildman–Crippen MR) is 166 cm³/mol. The van der Waals surface area contributed by atoms with Gasteiger partial charge >= 0.3 is 242 Å². The monoisotopic (exact) mass is 636 g/mol. The molecule has 4 aromatic rings. The SMILES string of the molecule is C[C@H](c1ccccc1)N(C)[C@@H](C)c1ccccc1[Se][Se]c1ccccc1[C@H](C)N(C)[C@H](C)c1ccccc1. The summed E-state index contributed by atoms with van der Waals surface area (Å²) in [4.78, 5) is 5.01. The second-order valence-electron chi connectivity index (χ2n) is 10.1. The summed E-state index contributed by atoms with van der Waals surface area (Å²) in [7, 11) is 4.52. The van der Waals surface area contributed by atoms with E-state index in [1.807, 2.05) is 0 Å². The molecule has 0 unspecified atom stereocenters. The van der Waals surface area contributed by atoms with Crippen molar-refractivity contribution in [3.05, 3.63) is 131 Å². The van der Waals surface area contributed by atoms with Gasteiger partial charge in [-0.25, -0.2) is 0 Å². The second-order valence-corrected chi connectivity index (χ2v) is 16.3. The van der Waals surface area contributed by atoms with Gasteiger partial charge in [0.05, 0.1) is 0 Å². The van der Waals surface area contributed by atoms with Gasteiger partial charge in [0.2, 0.25) is 0 Å². The van der Waals surface area contributed by atoms with Crippen molar-refractivity contribution in [2.75, 3.05) is 14.1 Å². The summed E-state index contributed by atoms with van der Waals surface area (Å²) in [5, 5.41) is 0. The van der Waals surface area contributed by atoms with Gasteiger partial charge < -0.3 is 0 Å². The Morgan fingerprint density at radius 2 is 0.737 bits per heavy atom. The van der Waals surface area contributed by atoms with Gasteiger partial charge in [-0.3, -0.25) is 0 Å². The summed E-state index contributed by atoms with van der Waals surface area (Å²) in [5.74, 6) is 0. The van der Waals surface area contributed by atoms with E-state index in [9.17, 15) is 0 Å². The Bertz CT molecular complexity index is 1180. The van der Waals surface area contributed by atoms with Crippen molar-refractivity contribution in [3.63, 3.8) is 0 Å². The third-order valence-corrected chi connectivity index (χ3v) is 15.3. The van der Waals surface area contributed by atoms with Crippen LogP contribution in [-0.4, -0.2) is 50.2 Å². The van der Waals surface area contributed by atoms with Gasteiger partial charge in [-0.2, -0.15) is 0 Å². The molecule has 2 nitrogen and oxygen atoms in total. The van der Waals surface area contributed by atoms with Gasteiger partial charge in [0.25, 0.3) is 0 Å². The van der Waals surface area contributed by atoms with E-state index in [2.05, 4.69) is 161 Å². The molecule has 0 N–H and O–H groups in total. The molecule has 4 rings (SSSR count). The van der Waals surface area contributed by atoms with Crippen molar-refractivity contribution in [1.82, 2.24) is 9.80 Å².